The number of carbonyl (C=O) groups is 1. The summed E-state index contributed by atoms with van der Waals surface area (Å²) in [6.45, 7) is 3.44. The fraction of sp³-hybridized carbons (Fsp3) is 0.583. The maximum Gasteiger partial charge on any atom is 0.228 e. The quantitative estimate of drug-likeness (QED) is 0.717. The van der Waals surface area contributed by atoms with Gasteiger partial charge in [-0.1, -0.05) is 11.6 Å². The lowest BCUT2D eigenvalue weighted by atomic mass is 9.49. The maximum atomic E-state index is 13.6. The zero-order valence-corrected chi connectivity index (χ0v) is 17.6. The number of benzene rings is 1. The van der Waals surface area contributed by atoms with E-state index in [0.717, 1.165) is 74.1 Å². The van der Waals surface area contributed by atoms with E-state index in [9.17, 15) is 4.79 Å². The van der Waals surface area contributed by atoms with Gasteiger partial charge >= 0.3 is 0 Å². The molecule has 0 N–H and O–H groups in total. The van der Waals surface area contributed by atoms with Gasteiger partial charge in [0, 0.05) is 48.5 Å². The first-order valence-electron chi connectivity index (χ1n) is 11.2. The summed E-state index contributed by atoms with van der Waals surface area (Å²) in [5.41, 5.74) is 2.12. The number of rotatable bonds is 2. The highest BCUT2D eigenvalue weighted by Crippen LogP contribution is 2.60. The molecule has 1 aromatic carbocycles. The number of hydrogen-bond donors (Lipinski definition) is 0. The van der Waals surface area contributed by atoms with Crippen molar-refractivity contribution >= 4 is 34.1 Å². The summed E-state index contributed by atoms with van der Waals surface area (Å²) in [6.07, 6.45) is 9.51. The molecule has 5 aliphatic rings. The van der Waals surface area contributed by atoms with E-state index in [1.54, 1.807) is 0 Å². The lowest BCUT2D eigenvalue weighted by molar-refractivity contribution is -0.158. The second kappa shape index (κ2) is 6.60. The molecule has 4 aliphatic carbocycles. The lowest BCUT2D eigenvalue weighted by Crippen LogP contribution is -2.58. The summed E-state index contributed by atoms with van der Waals surface area (Å²) in [5.74, 6) is 2.94. The van der Waals surface area contributed by atoms with Crippen molar-refractivity contribution in [3.8, 4) is 0 Å². The van der Waals surface area contributed by atoms with E-state index >= 15 is 0 Å². The van der Waals surface area contributed by atoms with E-state index in [1.165, 1.54) is 24.9 Å². The Hall–Kier alpha value is -1.81. The van der Waals surface area contributed by atoms with Gasteiger partial charge in [-0.25, -0.2) is 0 Å². The SMILES string of the molecule is O=C(N1CCN(c2ccnc3cc(Cl)ccc23)CC1)C12CC3CC(CC(C3)C1)C2. The third kappa shape index (κ3) is 2.94. The molecule has 2 aromatic rings. The van der Waals surface area contributed by atoms with Crippen molar-refractivity contribution in [3.63, 3.8) is 0 Å². The second-order valence-corrected chi connectivity index (χ2v) is 10.4. The molecule has 5 heteroatoms. The number of nitrogens with zero attached hydrogens (tertiary/aromatic N) is 3. The van der Waals surface area contributed by atoms with Crippen molar-refractivity contribution in [3.05, 3.63) is 35.5 Å². The van der Waals surface area contributed by atoms with Gasteiger partial charge in [-0.2, -0.15) is 0 Å². The van der Waals surface area contributed by atoms with Crippen LogP contribution in [0.15, 0.2) is 30.5 Å². The summed E-state index contributed by atoms with van der Waals surface area (Å²) >= 11 is 6.14. The molecule has 1 amide bonds. The molecule has 2 heterocycles. The third-order valence-electron chi connectivity index (χ3n) is 8.08. The summed E-state index contributed by atoms with van der Waals surface area (Å²) in [5, 5.41) is 1.85. The molecule has 0 atom stereocenters. The molecule has 4 bridgehead atoms. The van der Waals surface area contributed by atoms with Crippen LogP contribution in [0.4, 0.5) is 5.69 Å². The Morgan fingerprint density at radius 2 is 1.62 bits per heavy atom. The molecule has 1 aliphatic heterocycles. The number of amides is 1. The van der Waals surface area contributed by atoms with Crippen molar-refractivity contribution in [2.75, 3.05) is 31.1 Å². The molecular formula is C24H28ClN3O. The highest BCUT2D eigenvalue weighted by Gasteiger charge is 2.55. The second-order valence-electron chi connectivity index (χ2n) is 9.97. The Bertz CT molecular complexity index is 930. The van der Waals surface area contributed by atoms with Gasteiger partial charge in [-0.05, 0) is 80.5 Å². The zero-order chi connectivity index (χ0) is 19.6. The predicted molar refractivity (Wildman–Crippen MR) is 116 cm³/mol. The Kier molecular flexibility index (Phi) is 4.09. The summed E-state index contributed by atoms with van der Waals surface area (Å²) in [7, 11) is 0. The third-order valence-corrected chi connectivity index (χ3v) is 8.32. The zero-order valence-electron chi connectivity index (χ0n) is 16.8. The molecule has 0 radical (unpaired) electrons. The largest absolute Gasteiger partial charge is 0.367 e. The number of aromatic nitrogens is 1. The number of fused-ring (bicyclic) bond motifs is 1. The molecule has 0 unspecified atom stereocenters. The van der Waals surface area contributed by atoms with Gasteiger partial charge in [-0.3, -0.25) is 9.78 Å². The van der Waals surface area contributed by atoms with Crippen LogP contribution in [0.3, 0.4) is 0 Å². The maximum absolute atomic E-state index is 13.6. The first-order chi connectivity index (χ1) is 14.1. The van der Waals surface area contributed by atoms with E-state index in [4.69, 9.17) is 11.6 Å². The normalized spacial score (nSPS) is 33.5. The molecular weight excluding hydrogens is 382 g/mol. The molecule has 7 rings (SSSR count). The van der Waals surface area contributed by atoms with Crippen molar-refractivity contribution in [1.29, 1.82) is 0 Å². The van der Waals surface area contributed by atoms with E-state index in [-0.39, 0.29) is 5.41 Å². The van der Waals surface area contributed by atoms with Crippen molar-refractivity contribution in [2.24, 2.45) is 23.2 Å². The predicted octanol–water partition coefficient (Wildman–Crippen LogP) is 4.75. The van der Waals surface area contributed by atoms with E-state index in [1.807, 2.05) is 18.3 Å². The van der Waals surface area contributed by atoms with Crippen LogP contribution in [0.1, 0.15) is 38.5 Å². The van der Waals surface area contributed by atoms with Crippen LogP contribution in [0.25, 0.3) is 10.9 Å². The Labute approximate surface area is 177 Å². The molecule has 152 valence electrons. The minimum atomic E-state index is -0.0168. The van der Waals surface area contributed by atoms with Gasteiger partial charge in [0.25, 0.3) is 0 Å². The van der Waals surface area contributed by atoms with Crippen LogP contribution in [0, 0.1) is 23.2 Å². The Morgan fingerprint density at radius 1 is 0.966 bits per heavy atom. The van der Waals surface area contributed by atoms with Gasteiger partial charge in [0.1, 0.15) is 0 Å². The topological polar surface area (TPSA) is 36.4 Å². The number of pyridine rings is 1. The molecule has 4 saturated carbocycles. The number of anilines is 1. The summed E-state index contributed by atoms with van der Waals surface area (Å²) in [6, 6.07) is 8.01. The lowest BCUT2D eigenvalue weighted by Gasteiger charge is -2.57. The number of halogens is 1. The highest BCUT2D eigenvalue weighted by molar-refractivity contribution is 6.31. The highest BCUT2D eigenvalue weighted by atomic mass is 35.5. The van der Waals surface area contributed by atoms with Gasteiger partial charge in [-0.15, -0.1) is 0 Å². The van der Waals surface area contributed by atoms with E-state index in [2.05, 4.69) is 26.9 Å². The average molecular weight is 410 g/mol. The monoisotopic (exact) mass is 409 g/mol. The molecule has 0 spiro atoms. The standard InChI is InChI=1S/C24H28ClN3O/c25-19-1-2-20-21(12-19)26-4-3-22(20)27-5-7-28(8-6-27)23(29)24-13-16-9-17(14-24)11-18(10-16)15-24/h1-4,12,16-18H,5-11,13-15H2. The molecule has 1 saturated heterocycles. The molecule has 29 heavy (non-hydrogen) atoms. The summed E-state index contributed by atoms with van der Waals surface area (Å²) in [4.78, 5) is 22.7. The van der Waals surface area contributed by atoms with E-state index in [0.29, 0.717) is 10.9 Å². The van der Waals surface area contributed by atoms with Crippen LogP contribution in [0.2, 0.25) is 5.02 Å². The van der Waals surface area contributed by atoms with E-state index < -0.39 is 0 Å². The first-order valence-corrected chi connectivity index (χ1v) is 11.6. The van der Waals surface area contributed by atoms with Crippen LogP contribution >= 0.6 is 11.6 Å². The van der Waals surface area contributed by atoms with Gasteiger partial charge < -0.3 is 9.80 Å². The van der Waals surface area contributed by atoms with Crippen molar-refractivity contribution < 1.29 is 4.79 Å². The molecule has 5 fully saturated rings. The molecule has 1 aromatic heterocycles. The van der Waals surface area contributed by atoms with Crippen LogP contribution in [0.5, 0.6) is 0 Å². The minimum Gasteiger partial charge on any atom is -0.367 e. The van der Waals surface area contributed by atoms with Gasteiger partial charge in [0.05, 0.1) is 10.9 Å². The van der Waals surface area contributed by atoms with Crippen LogP contribution in [-0.4, -0.2) is 42.0 Å². The van der Waals surface area contributed by atoms with Crippen molar-refractivity contribution in [2.45, 2.75) is 38.5 Å². The number of hydrogen-bond acceptors (Lipinski definition) is 3. The fourth-order valence-electron chi connectivity index (χ4n) is 7.24. The fourth-order valence-corrected chi connectivity index (χ4v) is 7.41. The number of piperazine rings is 1. The van der Waals surface area contributed by atoms with Crippen LogP contribution < -0.4 is 4.90 Å². The molecule has 4 nitrogen and oxygen atoms in total. The average Bonchev–Trinajstić information content (AvgIpc) is 2.72. The first kappa shape index (κ1) is 18.0. The van der Waals surface area contributed by atoms with Gasteiger partial charge in [0.15, 0.2) is 0 Å². The Balaban J connectivity index is 1.19. The smallest absolute Gasteiger partial charge is 0.228 e. The van der Waals surface area contributed by atoms with Crippen LogP contribution in [-0.2, 0) is 4.79 Å². The van der Waals surface area contributed by atoms with Gasteiger partial charge in [0.2, 0.25) is 5.91 Å². The Morgan fingerprint density at radius 3 is 2.28 bits per heavy atom. The minimum absolute atomic E-state index is 0.0168. The summed E-state index contributed by atoms with van der Waals surface area (Å²) < 4.78 is 0. The van der Waals surface area contributed by atoms with Crippen molar-refractivity contribution in [1.82, 2.24) is 9.88 Å². The number of carbonyl (C=O) groups excluding carboxylic acids is 1.